The van der Waals surface area contributed by atoms with Crippen LogP contribution in [0.5, 0.6) is 0 Å². The number of nitrogens with two attached hydrogens (primary N) is 1. The third kappa shape index (κ3) is 5.58. The Hall–Kier alpha value is -2.90. The van der Waals surface area contributed by atoms with Gasteiger partial charge in [0.05, 0.1) is 12.0 Å². The summed E-state index contributed by atoms with van der Waals surface area (Å²) in [6.45, 7) is 0. The lowest BCUT2D eigenvalue weighted by Gasteiger charge is -2.16. The number of alkyl halides is 3. The van der Waals surface area contributed by atoms with Gasteiger partial charge in [-0.3, -0.25) is 9.59 Å². The van der Waals surface area contributed by atoms with Crippen molar-refractivity contribution in [2.75, 3.05) is 0 Å². The Kier molecular flexibility index (Phi) is 5.97. The molecule has 4 nitrogen and oxygen atoms in total. The highest BCUT2D eigenvalue weighted by Crippen LogP contribution is 2.29. The molecule has 138 valence electrons. The molecule has 2 rings (SSSR count). The van der Waals surface area contributed by atoms with Crippen LogP contribution in [-0.2, 0) is 28.6 Å². The van der Waals surface area contributed by atoms with E-state index in [1.165, 1.54) is 36.4 Å². The molecule has 0 spiro atoms. The zero-order valence-electron chi connectivity index (χ0n) is 13.5. The van der Waals surface area contributed by atoms with Crippen molar-refractivity contribution < 1.29 is 27.2 Å². The normalized spacial score (nSPS) is 12.5. The Balaban J connectivity index is 1.99. The standard InChI is InChI=1S/C18H16F4N2O2/c19-14-7-3-11(4-8-14)9-15(17(23)26)24-16(25)10-12-1-5-13(6-2-12)18(20,21)22/h1-8,15H,9-10H2,(H2,23,26)(H,24,25)/t15-/m0/s1. The molecular weight excluding hydrogens is 352 g/mol. The van der Waals surface area contributed by atoms with E-state index < -0.39 is 35.4 Å². The summed E-state index contributed by atoms with van der Waals surface area (Å²) in [4.78, 5) is 23.6. The van der Waals surface area contributed by atoms with Gasteiger partial charge in [-0.15, -0.1) is 0 Å². The van der Waals surface area contributed by atoms with Crippen LogP contribution in [0.25, 0.3) is 0 Å². The van der Waals surface area contributed by atoms with Crippen molar-refractivity contribution in [3.8, 4) is 0 Å². The van der Waals surface area contributed by atoms with Crippen LogP contribution >= 0.6 is 0 Å². The molecule has 0 saturated heterocycles. The van der Waals surface area contributed by atoms with Crippen molar-refractivity contribution in [3.63, 3.8) is 0 Å². The molecule has 2 aromatic carbocycles. The molecular formula is C18H16F4N2O2. The first-order valence-corrected chi connectivity index (χ1v) is 7.64. The van der Waals surface area contributed by atoms with Gasteiger partial charge in [-0.2, -0.15) is 13.2 Å². The first-order valence-electron chi connectivity index (χ1n) is 7.64. The summed E-state index contributed by atoms with van der Waals surface area (Å²) in [6, 6.07) is 8.51. The number of benzene rings is 2. The number of carbonyl (C=O) groups is 2. The van der Waals surface area contributed by atoms with Crippen LogP contribution in [-0.4, -0.2) is 17.9 Å². The van der Waals surface area contributed by atoms with Crippen LogP contribution in [0.4, 0.5) is 17.6 Å². The molecule has 0 fully saturated rings. The molecule has 0 aliphatic carbocycles. The SMILES string of the molecule is NC(=O)[C@H](Cc1ccc(F)cc1)NC(=O)Cc1ccc(C(F)(F)F)cc1. The molecule has 8 heteroatoms. The first kappa shape index (κ1) is 19.4. The van der Waals surface area contributed by atoms with Gasteiger partial charge in [0.15, 0.2) is 0 Å². The maximum Gasteiger partial charge on any atom is 0.416 e. The zero-order chi connectivity index (χ0) is 19.3. The molecule has 3 N–H and O–H groups in total. The molecule has 0 unspecified atom stereocenters. The number of rotatable bonds is 6. The molecule has 2 aromatic rings. The molecule has 0 bridgehead atoms. The lowest BCUT2D eigenvalue weighted by atomic mass is 10.0. The van der Waals surface area contributed by atoms with Crippen molar-refractivity contribution in [2.24, 2.45) is 5.73 Å². The monoisotopic (exact) mass is 368 g/mol. The number of hydrogen-bond acceptors (Lipinski definition) is 2. The van der Waals surface area contributed by atoms with Gasteiger partial charge in [0.1, 0.15) is 11.9 Å². The van der Waals surface area contributed by atoms with Crippen LogP contribution in [0.2, 0.25) is 0 Å². The number of carbonyl (C=O) groups excluding carboxylic acids is 2. The molecule has 0 radical (unpaired) electrons. The van der Waals surface area contributed by atoms with Gasteiger partial charge >= 0.3 is 6.18 Å². The Bertz CT molecular complexity index is 771. The summed E-state index contributed by atoms with van der Waals surface area (Å²) >= 11 is 0. The minimum atomic E-state index is -4.45. The number of primary amides is 1. The zero-order valence-corrected chi connectivity index (χ0v) is 13.5. The van der Waals surface area contributed by atoms with E-state index in [0.29, 0.717) is 11.1 Å². The molecule has 2 amide bonds. The largest absolute Gasteiger partial charge is 0.416 e. The molecule has 0 aliphatic heterocycles. The predicted molar refractivity (Wildman–Crippen MR) is 86.4 cm³/mol. The smallest absolute Gasteiger partial charge is 0.368 e. The highest BCUT2D eigenvalue weighted by Gasteiger charge is 2.30. The number of amides is 2. The molecule has 1 atom stereocenters. The Morgan fingerprint density at radius 1 is 0.962 bits per heavy atom. The number of hydrogen-bond donors (Lipinski definition) is 2. The predicted octanol–water partition coefficient (Wildman–Crippen LogP) is 2.60. The maximum atomic E-state index is 12.9. The molecule has 0 aromatic heterocycles. The molecule has 0 heterocycles. The highest BCUT2D eigenvalue weighted by atomic mass is 19.4. The minimum Gasteiger partial charge on any atom is -0.368 e. The van der Waals surface area contributed by atoms with Crippen LogP contribution in [0.1, 0.15) is 16.7 Å². The van der Waals surface area contributed by atoms with Gasteiger partial charge in [0, 0.05) is 6.42 Å². The summed E-state index contributed by atoms with van der Waals surface area (Å²) in [6.07, 6.45) is -4.58. The van der Waals surface area contributed by atoms with Gasteiger partial charge in [-0.1, -0.05) is 24.3 Å². The fourth-order valence-electron chi connectivity index (χ4n) is 2.32. The van der Waals surface area contributed by atoms with Gasteiger partial charge in [-0.05, 0) is 35.4 Å². The maximum absolute atomic E-state index is 12.9. The average molecular weight is 368 g/mol. The topological polar surface area (TPSA) is 72.2 Å². The number of halogens is 4. The summed E-state index contributed by atoms with van der Waals surface area (Å²) in [5.74, 6) is -1.76. The van der Waals surface area contributed by atoms with Crippen molar-refractivity contribution in [3.05, 3.63) is 71.0 Å². The lowest BCUT2D eigenvalue weighted by Crippen LogP contribution is -2.46. The first-order chi connectivity index (χ1) is 12.1. The average Bonchev–Trinajstić information content (AvgIpc) is 2.55. The summed E-state index contributed by atoms with van der Waals surface area (Å²) in [5.41, 5.74) is 5.42. The van der Waals surface area contributed by atoms with E-state index in [2.05, 4.69) is 5.32 Å². The van der Waals surface area contributed by atoms with Gasteiger partial charge in [-0.25, -0.2) is 4.39 Å². The number of nitrogens with one attached hydrogen (secondary N) is 1. The Morgan fingerprint density at radius 2 is 1.50 bits per heavy atom. The Labute approximate surface area is 147 Å². The van der Waals surface area contributed by atoms with Crippen molar-refractivity contribution >= 4 is 11.8 Å². The second kappa shape index (κ2) is 7.99. The third-order valence-electron chi connectivity index (χ3n) is 3.68. The minimum absolute atomic E-state index is 0.0777. The highest BCUT2D eigenvalue weighted by molar-refractivity contribution is 5.87. The van der Waals surface area contributed by atoms with Crippen molar-refractivity contribution in [2.45, 2.75) is 25.1 Å². The third-order valence-corrected chi connectivity index (χ3v) is 3.68. The van der Waals surface area contributed by atoms with Crippen LogP contribution in [0.3, 0.4) is 0 Å². The van der Waals surface area contributed by atoms with Crippen LogP contribution in [0, 0.1) is 5.82 Å². The van der Waals surface area contributed by atoms with E-state index in [9.17, 15) is 27.2 Å². The Morgan fingerprint density at radius 3 is 2.00 bits per heavy atom. The molecule has 0 aliphatic rings. The fraction of sp³-hybridized carbons (Fsp3) is 0.222. The molecule has 0 saturated carbocycles. The van der Waals surface area contributed by atoms with E-state index >= 15 is 0 Å². The lowest BCUT2D eigenvalue weighted by molar-refractivity contribution is -0.137. The summed E-state index contributed by atoms with van der Waals surface area (Å²) < 4.78 is 50.5. The summed E-state index contributed by atoms with van der Waals surface area (Å²) in [7, 11) is 0. The second-order valence-corrected chi connectivity index (χ2v) is 5.72. The van der Waals surface area contributed by atoms with Crippen LogP contribution < -0.4 is 11.1 Å². The second-order valence-electron chi connectivity index (χ2n) is 5.72. The van der Waals surface area contributed by atoms with E-state index in [0.717, 1.165) is 12.1 Å². The van der Waals surface area contributed by atoms with Crippen LogP contribution in [0.15, 0.2) is 48.5 Å². The van der Waals surface area contributed by atoms with E-state index in [1.807, 2.05) is 0 Å². The quantitative estimate of drug-likeness (QED) is 0.770. The molecule has 26 heavy (non-hydrogen) atoms. The van der Waals surface area contributed by atoms with Crippen molar-refractivity contribution in [1.82, 2.24) is 5.32 Å². The van der Waals surface area contributed by atoms with E-state index in [4.69, 9.17) is 5.73 Å². The van der Waals surface area contributed by atoms with Crippen molar-refractivity contribution in [1.29, 1.82) is 0 Å². The fourth-order valence-corrected chi connectivity index (χ4v) is 2.32. The van der Waals surface area contributed by atoms with Gasteiger partial charge in [0.2, 0.25) is 11.8 Å². The summed E-state index contributed by atoms with van der Waals surface area (Å²) in [5, 5.41) is 2.44. The van der Waals surface area contributed by atoms with E-state index in [1.54, 1.807) is 0 Å². The van der Waals surface area contributed by atoms with Gasteiger partial charge in [0.25, 0.3) is 0 Å². The van der Waals surface area contributed by atoms with E-state index in [-0.39, 0.29) is 12.8 Å². The van der Waals surface area contributed by atoms with Gasteiger partial charge < -0.3 is 11.1 Å².